The Morgan fingerprint density at radius 3 is 2.91 bits per heavy atom. The average molecular weight is 480 g/mol. The first kappa shape index (κ1) is 21.9. The largest absolute Gasteiger partial charge is 0.377 e. The fourth-order valence-electron chi connectivity index (χ4n) is 4.85. The van der Waals surface area contributed by atoms with E-state index in [0.29, 0.717) is 48.8 Å². The number of methoxy groups -OCH3 is 1. The van der Waals surface area contributed by atoms with E-state index in [0.717, 1.165) is 16.6 Å². The molecule has 2 N–H and O–H groups in total. The van der Waals surface area contributed by atoms with E-state index in [9.17, 15) is 9.18 Å². The number of hydrogen-bond donors (Lipinski definition) is 2. The molecule has 4 aromatic rings. The molecule has 6 rings (SSSR count). The zero-order chi connectivity index (χ0) is 24.1. The molecular formula is C24H26FN7O3. The van der Waals surface area contributed by atoms with E-state index in [1.807, 2.05) is 24.4 Å². The van der Waals surface area contributed by atoms with Gasteiger partial charge in [-0.25, -0.2) is 14.4 Å². The van der Waals surface area contributed by atoms with Crippen molar-refractivity contribution in [2.75, 3.05) is 32.7 Å². The molecule has 1 saturated carbocycles. The fourth-order valence-corrected chi connectivity index (χ4v) is 4.85. The van der Waals surface area contributed by atoms with E-state index in [1.165, 1.54) is 6.20 Å². The predicted molar refractivity (Wildman–Crippen MR) is 127 cm³/mol. The van der Waals surface area contributed by atoms with Gasteiger partial charge in [-0.15, -0.1) is 0 Å². The van der Waals surface area contributed by atoms with E-state index in [1.54, 1.807) is 24.9 Å². The summed E-state index contributed by atoms with van der Waals surface area (Å²) in [7, 11) is 3.47. The van der Waals surface area contributed by atoms with Gasteiger partial charge >= 0.3 is 0 Å². The lowest BCUT2D eigenvalue weighted by Gasteiger charge is -2.30. The Labute approximate surface area is 200 Å². The predicted octanol–water partition coefficient (Wildman–Crippen LogP) is 2.60. The number of halogens is 1. The van der Waals surface area contributed by atoms with Crippen LogP contribution in [0, 0.1) is 0 Å². The van der Waals surface area contributed by atoms with Gasteiger partial charge in [-0.3, -0.25) is 4.79 Å². The topological polar surface area (TPSA) is 108 Å². The van der Waals surface area contributed by atoms with Gasteiger partial charge in [-0.2, -0.15) is 9.61 Å². The summed E-state index contributed by atoms with van der Waals surface area (Å²) in [6.07, 6.45) is 5.25. The molecule has 1 amide bonds. The van der Waals surface area contributed by atoms with Crippen molar-refractivity contribution in [3.63, 3.8) is 0 Å². The number of nitrogens with zero attached hydrogens (tertiary/aromatic N) is 5. The number of amides is 1. The summed E-state index contributed by atoms with van der Waals surface area (Å²) in [6.45, 7) is 1.04. The number of alkyl halides is 1. The summed E-state index contributed by atoms with van der Waals surface area (Å²) in [5, 5.41) is 11.2. The van der Waals surface area contributed by atoms with Gasteiger partial charge in [-0.05, 0) is 25.0 Å². The van der Waals surface area contributed by atoms with Gasteiger partial charge in [0.25, 0.3) is 5.91 Å². The first-order valence-electron chi connectivity index (χ1n) is 11.7. The van der Waals surface area contributed by atoms with E-state index in [-0.39, 0.29) is 18.1 Å². The maximum Gasteiger partial charge on any atom is 0.257 e. The van der Waals surface area contributed by atoms with Crippen LogP contribution < -0.4 is 10.6 Å². The zero-order valence-electron chi connectivity index (χ0n) is 19.4. The molecule has 4 atom stereocenters. The van der Waals surface area contributed by atoms with Crippen LogP contribution >= 0.6 is 0 Å². The molecule has 1 aliphatic carbocycles. The summed E-state index contributed by atoms with van der Waals surface area (Å²) in [5.41, 5.74) is 3.02. The summed E-state index contributed by atoms with van der Waals surface area (Å²) < 4.78 is 28.7. The third-order valence-electron chi connectivity index (χ3n) is 7.00. The van der Waals surface area contributed by atoms with Crippen LogP contribution in [0.2, 0.25) is 0 Å². The maximum absolute atomic E-state index is 13.7. The minimum absolute atomic E-state index is 0.0221. The van der Waals surface area contributed by atoms with Crippen molar-refractivity contribution in [3.8, 4) is 11.3 Å². The number of aromatic nitrogens is 5. The van der Waals surface area contributed by atoms with Crippen molar-refractivity contribution in [1.82, 2.24) is 29.5 Å². The maximum atomic E-state index is 13.7. The first-order chi connectivity index (χ1) is 17.1. The molecule has 1 saturated heterocycles. The van der Waals surface area contributed by atoms with Crippen molar-refractivity contribution < 1.29 is 18.7 Å². The number of anilines is 1. The third kappa shape index (κ3) is 3.53. The Kier molecular flexibility index (Phi) is 5.37. The van der Waals surface area contributed by atoms with Gasteiger partial charge in [0, 0.05) is 43.6 Å². The van der Waals surface area contributed by atoms with Crippen LogP contribution in [0.4, 0.5) is 10.2 Å². The lowest BCUT2D eigenvalue weighted by atomic mass is 9.90. The summed E-state index contributed by atoms with van der Waals surface area (Å²) in [4.78, 5) is 22.4. The molecule has 10 nitrogen and oxygen atoms in total. The minimum atomic E-state index is -1.01. The molecule has 2 aliphatic rings. The van der Waals surface area contributed by atoms with Crippen LogP contribution in [-0.4, -0.2) is 75.7 Å². The van der Waals surface area contributed by atoms with Gasteiger partial charge in [-0.1, -0.05) is 0 Å². The quantitative estimate of drug-likeness (QED) is 0.438. The SMILES string of the molecule is CNc1cc(-c2cn([C@H]3COC[C@@H]3OC)c3ncccc23)nc2c(C(=O)NC3CCC3F)cnn12. The van der Waals surface area contributed by atoms with Crippen LogP contribution in [0.5, 0.6) is 0 Å². The van der Waals surface area contributed by atoms with Gasteiger partial charge in [0.2, 0.25) is 0 Å². The van der Waals surface area contributed by atoms with Crippen LogP contribution in [0.1, 0.15) is 29.2 Å². The number of carbonyl (C=O) groups excluding carboxylic acids is 1. The van der Waals surface area contributed by atoms with Crippen molar-refractivity contribution in [2.45, 2.75) is 37.2 Å². The number of rotatable bonds is 6. The van der Waals surface area contributed by atoms with E-state index < -0.39 is 12.2 Å². The second-order valence-corrected chi connectivity index (χ2v) is 8.95. The summed E-state index contributed by atoms with van der Waals surface area (Å²) in [5.74, 6) is 0.286. The average Bonchev–Trinajstić information content (AvgIpc) is 3.61. The molecule has 4 aromatic heterocycles. The smallest absolute Gasteiger partial charge is 0.257 e. The summed E-state index contributed by atoms with van der Waals surface area (Å²) in [6, 6.07) is 5.28. The molecule has 1 aliphatic heterocycles. The van der Waals surface area contributed by atoms with Gasteiger partial charge in [0.1, 0.15) is 29.3 Å². The highest BCUT2D eigenvalue weighted by molar-refractivity contribution is 6.01. The van der Waals surface area contributed by atoms with E-state index in [4.69, 9.17) is 14.5 Å². The highest BCUT2D eigenvalue weighted by Crippen LogP contribution is 2.35. The number of fused-ring (bicyclic) bond motifs is 2. The Bertz CT molecular complexity index is 1420. The van der Waals surface area contributed by atoms with Crippen molar-refractivity contribution >= 4 is 28.4 Å². The Morgan fingerprint density at radius 1 is 1.29 bits per heavy atom. The van der Waals surface area contributed by atoms with Crippen LogP contribution in [0.3, 0.4) is 0 Å². The molecule has 0 spiro atoms. The highest BCUT2D eigenvalue weighted by Gasteiger charge is 2.34. The molecular weight excluding hydrogens is 453 g/mol. The first-order valence-corrected chi connectivity index (χ1v) is 11.7. The molecule has 0 bridgehead atoms. The van der Waals surface area contributed by atoms with Crippen LogP contribution in [-0.2, 0) is 9.47 Å². The molecule has 0 radical (unpaired) electrons. The lowest BCUT2D eigenvalue weighted by Crippen LogP contribution is -2.48. The molecule has 2 unspecified atom stereocenters. The van der Waals surface area contributed by atoms with Crippen LogP contribution in [0.15, 0.2) is 36.8 Å². The zero-order valence-corrected chi connectivity index (χ0v) is 19.4. The van der Waals surface area contributed by atoms with Gasteiger partial charge in [0.05, 0.1) is 37.2 Å². The lowest BCUT2D eigenvalue weighted by molar-refractivity contribution is 0.0692. The minimum Gasteiger partial charge on any atom is -0.377 e. The molecule has 182 valence electrons. The second kappa shape index (κ2) is 8.58. The molecule has 5 heterocycles. The monoisotopic (exact) mass is 479 g/mol. The fraction of sp³-hybridized carbons (Fsp3) is 0.417. The van der Waals surface area contributed by atoms with Gasteiger partial charge in [0.15, 0.2) is 5.65 Å². The van der Waals surface area contributed by atoms with Crippen molar-refractivity contribution in [2.24, 2.45) is 0 Å². The molecule has 11 heteroatoms. The van der Waals surface area contributed by atoms with Gasteiger partial charge < -0.3 is 24.7 Å². The summed E-state index contributed by atoms with van der Waals surface area (Å²) >= 11 is 0. The Morgan fingerprint density at radius 2 is 2.17 bits per heavy atom. The Balaban J connectivity index is 1.47. The van der Waals surface area contributed by atoms with E-state index in [2.05, 4.69) is 25.3 Å². The Hall–Kier alpha value is -3.57. The molecule has 0 aromatic carbocycles. The number of ether oxygens (including phenoxy) is 2. The highest BCUT2D eigenvalue weighted by atomic mass is 19.1. The van der Waals surface area contributed by atoms with Crippen LogP contribution in [0.25, 0.3) is 27.9 Å². The number of hydrogen-bond acceptors (Lipinski definition) is 7. The number of nitrogens with one attached hydrogen (secondary N) is 2. The molecule has 35 heavy (non-hydrogen) atoms. The third-order valence-corrected chi connectivity index (χ3v) is 7.00. The normalized spacial score (nSPS) is 24.1. The van der Waals surface area contributed by atoms with Crippen molar-refractivity contribution in [1.29, 1.82) is 0 Å². The standard InChI is InChI=1S/C24H26FN7O3/c1-26-21-8-18(29-23-14(9-28-32(21)23)24(33)30-17-6-5-16(17)25)15-10-31(19-11-35-12-20(19)34-2)22-13(15)4-3-7-27-22/h3-4,7-10,16-17,19-20,26H,5-6,11-12H2,1-2H3,(H,30,33)/t16?,17?,19-,20-/m0/s1. The van der Waals surface area contributed by atoms with Crippen molar-refractivity contribution in [3.05, 3.63) is 42.4 Å². The van der Waals surface area contributed by atoms with E-state index >= 15 is 0 Å². The molecule has 2 fully saturated rings. The number of carbonyl (C=O) groups is 1. The second-order valence-electron chi connectivity index (χ2n) is 8.95. The number of pyridine rings is 1.